The number of aliphatic carboxylic acids is 1. The molecule has 314 valence electrons. The van der Waals surface area contributed by atoms with E-state index in [4.69, 9.17) is 9.84 Å². The minimum absolute atomic E-state index is 0.000724. The lowest BCUT2D eigenvalue weighted by Gasteiger charge is -2.18. The lowest BCUT2D eigenvalue weighted by Crippen LogP contribution is -2.28. The van der Waals surface area contributed by atoms with Gasteiger partial charge < -0.3 is 15.2 Å². The Hall–Kier alpha value is -3.15. The molecule has 2 N–H and O–H groups in total. The Labute approximate surface area is 338 Å². The second-order valence-corrected chi connectivity index (χ2v) is 14.9. The van der Waals surface area contributed by atoms with Gasteiger partial charge in [-0.25, -0.2) is 0 Å². The maximum absolute atomic E-state index is 12.8. The molecule has 1 atom stereocenters. The summed E-state index contributed by atoms with van der Waals surface area (Å²) in [7, 11) is 0. The molecule has 0 bridgehead atoms. The van der Waals surface area contributed by atoms with Gasteiger partial charge in [-0.15, -0.1) is 0 Å². The van der Waals surface area contributed by atoms with Crippen LogP contribution in [0.25, 0.3) is 0 Å². The molecule has 6 heteroatoms. The van der Waals surface area contributed by atoms with E-state index in [0.29, 0.717) is 12.8 Å². The number of unbranched alkanes of at least 4 members (excludes halogenated alkanes) is 17. The molecule has 1 amide bonds. The van der Waals surface area contributed by atoms with Gasteiger partial charge in [0.05, 0.1) is 0 Å². The Morgan fingerprint density at radius 1 is 0.491 bits per heavy atom. The first-order valence-corrected chi connectivity index (χ1v) is 22.6. The zero-order valence-electron chi connectivity index (χ0n) is 35.5. The van der Waals surface area contributed by atoms with Crippen LogP contribution in [-0.2, 0) is 19.1 Å². The number of rotatable bonds is 40. The second-order valence-electron chi connectivity index (χ2n) is 14.9. The highest BCUT2D eigenvalue weighted by Gasteiger charge is 2.14. The minimum atomic E-state index is -1.02. The molecule has 0 aliphatic heterocycles. The van der Waals surface area contributed by atoms with Gasteiger partial charge in [-0.05, 0) is 89.9 Å². The van der Waals surface area contributed by atoms with E-state index in [1.54, 1.807) is 0 Å². The third kappa shape index (κ3) is 43.4. The summed E-state index contributed by atoms with van der Waals surface area (Å²) in [6.07, 6.45) is 58.8. The molecule has 0 fully saturated rings. The second kappa shape index (κ2) is 43.6. The lowest BCUT2D eigenvalue weighted by atomic mass is 10.0. The van der Waals surface area contributed by atoms with Gasteiger partial charge in [-0.3, -0.25) is 14.4 Å². The van der Waals surface area contributed by atoms with E-state index in [-0.39, 0.29) is 24.5 Å². The van der Waals surface area contributed by atoms with Gasteiger partial charge in [0.25, 0.3) is 0 Å². The van der Waals surface area contributed by atoms with E-state index in [0.717, 1.165) is 109 Å². The summed E-state index contributed by atoms with van der Waals surface area (Å²) in [5.41, 5.74) is 0. The van der Waals surface area contributed by atoms with Gasteiger partial charge in [-0.1, -0.05) is 177 Å². The van der Waals surface area contributed by atoms with Gasteiger partial charge in [0.1, 0.15) is 12.6 Å². The first kappa shape index (κ1) is 51.9. The van der Waals surface area contributed by atoms with Crippen LogP contribution in [0.1, 0.15) is 206 Å². The summed E-state index contributed by atoms with van der Waals surface area (Å²) in [4.78, 5) is 35.1. The molecular weight excluding hydrogens is 683 g/mol. The predicted octanol–water partition coefficient (Wildman–Crippen LogP) is 14.2. The molecule has 0 spiro atoms. The Balaban J connectivity index is 4.24. The largest absolute Gasteiger partial charge is 0.480 e. The van der Waals surface area contributed by atoms with E-state index in [2.05, 4.69) is 92.1 Å². The van der Waals surface area contributed by atoms with Crippen LogP contribution in [0.3, 0.4) is 0 Å². The molecule has 0 aromatic rings. The van der Waals surface area contributed by atoms with Crippen LogP contribution in [0.2, 0.25) is 0 Å². The third-order valence-corrected chi connectivity index (χ3v) is 9.64. The molecule has 0 radical (unpaired) electrons. The predicted molar refractivity (Wildman–Crippen MR) is 235 cm³/mol. The number of hydrogen-bond donors (Lipinski definition) is 2. The molecule has 0 aromatic heterocycles. The number of carbonyl (C=O) groups excluding carboxylic acids is 2. The SMILES string of the molecule is CC/C=C\C/C=C\C/C=C\C/C=C\C/C=C\C/C=C\CCCCC(=O)OC(CCCCCCCCCCCCCC)CCCCCCCC(=O)NCC(=O)O. The molecule has 0 aliphatic rings. The Kier molecular flexibility index (Phi) is 41.1. The summed E-state index contributed by atoms with van der Waals surface area (Å²) in [6, 6.07) is 0. The maximum Gasteiger partial charge on any atom is 0.322 e. The van der Waals surface area contributed by atoms with Crippen LogP contribution in [-0.4, -0.2) is 35.6 Å². The van der Waals surface area contributed by atoms with Crippen LogP contribution in [0.4, 0.5) is 0 Å². The monoisotopic (exact) mass is 766 g/mol. The number of ether oxygens (including phenoxy) is 1. The molecule has 0 rings (SSSR count). The minimum Gasteiger partial charge on any atom is -0.480 e. The molecular formula is C49H83NO5. The quantitative estimate of drug-likeness (QED) is 0.0368. The Morgan fingerprint density at radius 3 is 1.35 bits per heavy atom. The van der Waals surface area contributed by atoms with Crippen molar-refractivity contribution in [1.29, 1.82) is 0 Å². The van der Waals surface area contributed by atoms with Crippen molar-refractivity contribution in [3.63, 3.8) is 0 Å². The summed E-state index contributed by atoms with van der Waals surface area (Å²) in [6.45, 7) is 4.11. The van der Waals surface area contributed by atoms with Crippen molar-refractivity contribution in [3.05, 3.63) is 72.9 Å². The van der Waals surface area contributed by atoms with E-state index in [1.165, 1.54) is 70.6 Å². The van der Waals surface area contributed by atoms with E-state index >= 15 is 0 Å². The van der Waals surface area contributed by atoms with Gasteiger partial charge >= 0.3 is 11.9 Å². The molecule has 0 aliphatic carbocycles. The van der Waals surface area contributed by atoms with Gasteiger partial charge in [0, 0.05) is 12.8 Å². The van der Waals surface area contributed by atoms with Crippen molar-refractivity contribution in [2.24, 2.45) is 0 Å². The molecule has 0 heterocycles. The summed E-state index contributed by atoms with van der Waals surface area (Å²) >= 11 is 0. The fourth-order valence-corrected chi connectivity index (χ4v) is 6.34. The summed E-state index contributed by atoms with van der Waals surface area (Å²) in [5.74, 6) is -1.28. The van der Waals surface area contributed by atoms with Crippen molar-refractivity contribution in [3.8, 4) is 0 Å². The van der Waals surface area contributed by atoms with E-state index in [1.807, 2.05) is 0 Å². The molecule has 1 unspecified atom stereocenters. The van der Waals surface area contributed by atoms with Crippen LogP contribution >= 0.6 is 0 Å². The molecule has 6 nitrogen and oxygen atoms in total. The van der Waals surface area contributed by atoms with Crippen molar-refractivity contribution < 1.29 is 24.2 Å². The Morgan fingerprint density at radius 2 is 0.891 bits per heavy atom. The molecule has 0 saturated heterocycles. The smallest absolute Gasteiger partial charge is 0.322 e. The molecule has 0 aromatic carbocycles. The normalized spacial score (nSPS) is 12.8. The number of amides is 1. The Bertz CT molecular complexity index is 1070. The van der Waals surface area contributed by atoms with Crippen molar-refractivity contribution in [1.82, 2.24) is 5.32 Å². The highest BCUT2D eigenvalue weighted by atomic mass is 16.5. The fraction of sp³-hybridized carbons (Fsp3) is 0.694. The highest BCUT2D eigenvalue weighted by Crippen LogP contribution is 2.19. The number of nitrogens with one attached hydrogen (secondary N) is 1. The standard InChI is InChI=1S/C49H83NO5/c1-3-5-7-9-11-13-15-17-18-19-20-21-22-23-24-25-27-29-31-36-40-44-49(54)55-46(41-37-33-30-28-26-16-14-12-10-8-6-4-2)42-38-34-32-35-39-43-47(51)50-45-48(52)53/h5,7,11,13,17-18,20-21,23-24,27,29,46H,3-4,6,8-10,12,14-16,19,22,25-26,28,30-45H2,1-2H3,(H,50,51)(H,52,53)/b7-5-,13-11-,18-17-,21-20-,24-23-,29-27-. The van der Waals surface area contributed by atoms with Crippen LogP contribution < -0.4 is 5.32 Å². The van der Waals surface area contributed by atoms with Crippen LogP contribution in [0.5, 0.6) is 0 Å². The average Bonchev–Trinajstić information content (AvgIpc) is 3.17. The average molecular weight is 766 g/mol. The first-order valence-electron chi connectivity index (χ1n) is 22.6. The lowest BCUT2D eigenvalue weighted by molar-refractivity contribution is -0.150. The highest BCUT2D eigenvalue weighted by molar-refractivity contribution is 5.80. The van der Waals surface area contributed by atoms with Gasteiger partial charge in [0.15, 0.2) is 0 Å². The van der Waals surface area contributed by atoms with Gasteiger partial charge in [0.2, 0.25) is 5.91 Å². The molecule has 0 saturated carbocycles. The number of allylic oxidation sites excluding steroid dienone is 12. The van der Waals surface area contributed by atoms with Crippen molar-refractivity contribution in [2.75, 3.05) is 6.54 Å². The number of carboxylic acids is 1. The van der Waals surface area contributed by atoms with Crippen LogP contribution in [0.15, 0.2) is 72.9 Å². The van der Waals surface area contributed by atoms with Crippen molar-refractivity contribution in [2.45, 2.75) is 213 Å². The fourth-order valence-electron chi connectivity index (χ4n) is 6.34. The number of hydrogen-bond acceptors (Lipinski definition) is 4. The maximum atomic E-state index is 12.8. The summed E-state index contributed by atoms with van der Waals surface area (Å²) in [5, 5.41) is 11.1. The van der Waals surface area contributed by atoms with E-state index < -0.39 is 5.97 Å². The zero-order chi connectivity index (χ0) is 40.1. The zero-order valence-corrected chi connectivity index (χ0v) is 35.5. The number of carbonyl (C=O) groups is 3. The topological polar surface area (TPSA) is 92.7 Å². The number of esters is 1. The third-order valence-electron chi connectivity index (χ3n) is 9.64. The first-order chi connectivity index (χ1) is 27.0. The van der Waals surface area contributed by atoms with Gasteiger partial charge in [-0.2, -0.15) is 0 Å². The summed E-state index contributed by atoms with van der Waals surface area (Å²) < 4.78 is 6.02. The van der Waals surface area contributed by atoms with E-state index in [9.17, 15) is 14.4 Å². The van der Waals surface area contributed by atoms with Crippen molar-refractivity contribution >= 4 is 17.8 Å². The molecule has 55 heavy (non-hydrogen) atoms. The van der Waals surface area contributed by atoms with Crippen LogP contribution in [0, 0.1) is 0 Å². The number of carboxylic acid groups (broad SMARTS) is 1.